The Kier molecular flexibility index (Phi) is 5.78. The quantitative estimate of drug-likeness (QED) is 0.489. The number of ether oxygens (including phenoxy) is 1. The first-order chi connectivity index (χ1) is 13.5. The van der Waals surface area contributed by atoms with Crippen LogP contribution in [0.3, 0.4) is 0 Å². The van der Waals surface area contributed by atoms with Gasteiger partial charge in [-0.1, -0.05) is 11.6 Å². The summed E-state index contributed by atoms with van der Waals surface area (Å²) in [4.78, 5) is 11.3. The standard InChI is InChI=1S/C21H16ClN3O3/c1-2-28-19-9-3-14(4-10-19)20-16(11-15(12-23)21(26)27)13-25(24-20)18-7-5-17(22)6-8-18/h3-11,13H,2H2,1H3,(H,26,27)/b15-11-. The molecule has 0 unspecified atom stereocenters. The Hall–Kier alpha value is -3.56. The number of aliphatic carboxylic acids is 1. The van der Waals surface area contributed by atoms with Crippen molar-refractivity contribution in [3.8, 4) is 28.8 Å². The van der Waals surface area contributed by atoms with Gasteiger partial charge in [0.1, 0.15) is 17.4 Å². The molecule has 1 N–H and O–H groups in total. The van der Waals surface area contributed by atoms with Gasteiger partial charge in [0, 0.05) is 22.3 Å². The van der Waals surface area contributed by atoms with Crippen molar-refractivity contribution in [3.05, 3.63) is 70.9 Å². The van der Waals surface area contributed by atoms with Crippen molar-refractivity contribution in [1.29, 1.82) is 5.26 Å². The Morgan fingerprint density at radius 2 is 1.93 bits per heavy atom. The van der Waals surface area contributed by atoms with E-state index in [0.717, 1.165) is 17.0 Å². The highest BCUT2D eigenvalue weighted by Gasteiger charge is 2.14. The molecule has 1 heterocycles. The van der Waals surface area contributed by atoms with Crippen LogP contribution in [0.4, 0.5) is 0 Å². The van der Waals surface area contributed by atoms with Gasteiger partial charge in [0.15, 0.2) is 0 Å². The summed E-state index contributed by atoms with van der Waals surface area (Å²) in [6.07, 6.45) is 2.99. The van der Waals surface area contributed by atoms with E-state index in [2.05, 4.69) is 5.10 Å². The summed E-state index contributed by atoms with van der Waals surface area (Å²) in [5, 5.41) is 23.5. The lowest BCUT2D eigenvalue weighted by atomic mass is 10.1. The normalized spacial score (nSPS) is 11.1. The Morgan fingerprint density at radius 3 is 2.50 bits per heavy atom. The predicted molar refractivity (Wildman–Crippen MR) is 106 cm³/mol. The van der Waals surface area contributed by atoms with Gasteiger partial charge in [-0.25, -0.2) is 9.48 Å². The molecule has 0 aliphatic rings. The number of benzene rings is 2. The maximum Gasteiger partial charge on any atom is 0.346 e. The molecule has 0 aliphatic carbocycles. The molecule has 2 aromatic carbocycles. The highest BCUT2D eigenvalue weighted by Crippen LogP contribution is 2.28. The molecular formula is C21H16ClN3O3. The van der Waals surface area contributed by atoms with Crippen LogP contribution in [0.1, 0.15) is 12.5 Å². The van der Waals surface area contributed by atoms with E-state index >= 15 is 0 Å². The van der Waals surface area contributed by atoms with E-state index in [-0.39, 0.29) is 5.57 Å². The summed E-state index contributed by atoms with van der Waals surface area (Å²) >= 11 is 5.94. The maximum atomic E-state index is 11.3. The first-order valence-electron chi connectivity index (χ1n) is 8.45. The highest BCUT2D eigenvalue weighted by atomic mass is 35.5. The van der Waals surface area contributed by atoms with Gasteiger partial charge in [-0.05, 0) is 61.5 Å². The molecule has 7 heteroatoms. The van der Waals surface area contributed by atoms with Crippen LogP contribution < -0.4 is 4.74 Å². The number of hydrogen-bond acceptors (Lipinski definition) is 4. The van der Waals surface area contributed by atoms with Crippen LogP contribution >= 0.6 is 11.6 Å². The van der Waals surface area contributed by atoms with Crippen LogP contribution in [0.5, 0.6) is 5.75 Å². The monoisotopic (exact) mass is 393 g/mol. The number of carboxylic acid groups (broad SMARTS) is 1. The topological polar surface area (TPSA) is 88.1 Å². The molecule has 0 saturated carbocycles. The van der Waals surface area contributed by atoms with Crippen LogP contribution in [0.15, 0.2) is 60.3 Å². The van der Waals surface area contributed by atoms with Crippen molar-refractivity contribution in [2.24, 2.45) is 0 Å². The van der Waals surface area contributed by atoms with Crippen molar-refractivity contribution in [3.63, 3.8) is 0 Å². The van der Waals surface area contributed by atoms with Gasteiger partial charge in [-0.15, -0.1) is 0 Å². The molecule has 0 amide bonds. The van der Waals surface area contributed by atoms with Crippen molar-refractivity contribution < 1.29 is 14.6 Å². The first-order valence-corrected chi connectivity index (χ1v) is 8.83. The van der Waals surface area contributed by atoms with Crippen molar-refractivity contribution >= 4 is 23.6 Å². The van der Waals surface area contributed by atoms with Crippen LogP contribution in [0.2, 0.25) is 5.02 Å². The van der Waals surface area contributed by atoms with E-state index in [1.54, 1.807) is 41.2 Å². The molecule has 0 atom stereocenters. The van der Waals surface area contributed by atoms with Crippen molar-refractivity contribution in [2.45, 2.75) is 6.92 Å². The fraction of sp³-hybridized carbons (Fsp3) is 0.0952. The van der Waals surface area contributed by atoms with E-state index < -0.39 is 5.97 Å². The highest BCUT2D eigenvalue weighted by molar-refractivity contribution is 6.30. The fourth-order valence-electron chi connectivity index (χ4n) is 2.62. The third kappa shape index (κ3) is 4.22. The number of nitrogens with zero attached hydrogens (tertiary/aromatic N) is 3. The summed E-state index contributed by atoms with van der Waals surface area (Å²) in [5.41, 5.74) is 2.21. The Bertz CT molecular complexity index is 1060. The molecule has 28 heavy (non-hydrogen) atoms. The minimum Gasteiger partial charge on any atom is -0.494 e. The lowest BCUT2D eigenvalue weighted by Crippen LogP contribution is -1.97. The zero-order chi connectivity index (χ0) is 20.1. The van der Waals surface area contributed by atoms with E-state index in [1.807, 2.05) is 31.2 Å². The molecule has 0 aliphatic heterocycles. The summed E-state index contributed by atoms with van der Waals surface area (Å²) in [6, 6.07) is 16.1. The molecule has 0 radical (unpaired) electrons. The van der Waals surface area contributed by atoms with Crippen LogP contribution in [0, 0.1) is 11.3 Å². The van der Waals surface area contributed by atoms with Crippen LogP contribution in [-0.2, 0) is 4.79 Å². The third-order valence-corrected chi connectivity index (χ3v) is 4.18. The number of halogens is 1. The zero-order valence-electron chi connectivity index (χ0n) is 15.0. The Labute approximate surface area is 166 Å². The smallest absolute Gasteiger partial charge is 0.346 e. The van der Waals surface area contributed by atoms with Crippen LogP contribution in [0.25, 0.3) is 23.0 Å². The molecule has 0 saturated heterocycles. The molecular weight excluding hydrogens is 378 g/mol. The maximum absolute atomic E-state index is 11.3. The minimum absolute atomic E-state index is 0.372. The van der Waals surface area contributed by atoms with Gasteiger partial charge in [0.25, 0.3) is 0 Å². The molecule has 0 fully saturated rings. The number of rotatable bonds is 6. The fourth-order valence-corrected chi connectivity index (χ4v) is 2.74. The van der Waals surface area contributed by atoms with Gasteiger partial charge in [-0.3, -0.25) is 0 Å². The van der Waals surface area contributed by atoms with Gasteiger partial charge >= 0.3 is 5.97 Å². The molecule has 1 aromatic heterocycles. The van der Waals surface area contributed by atoms with Gasteiger partial charge in [0.2, 0.25) is 0 Å². The second-order valence-corrected chi connectivity index (χ2v) is 6.22. The van der Waals surface area contributed by atoms with Crippen molar-refractivity contribution in [1.82, 2.24) is 9.78 Å². The number of nitriles is 1. The van der Waals surface area contributed by atoms with Crippen molar-refractivity contribution in [2.75, 3.05) is 6.61 Å². The summed E-state index contributed by atoms with van der Waals surface area (Å²) in [5.74, 6) is -0.567. The lowest BCUT2D eigenvalue weighted by Gasteiger charge is -2.04. The molecule has 3 aromatic rings. The Balaban J connectivity index is 2.11. The van der Waals surface area contributed by atoms with E-state index in [1.165, 1.54) is 6.08 Å². The van der Waals surface area contributed by atoms with E-state index in [9.17, 15) is 9.90 Å². The SMILES string of the molecule is CCOc1ccc(-c2nn(-c3ccc(Cl)cc3)cc2/C=C(/C#N)C(=O)O)cc1. The molecule has 6 nitrogen and oxygen atoms in total. The number of aromatic nitrogens is 2. The predicted octanol–water partition coefficient (Wildman–Crippen LogP) is 4.58. The number of hydrogen-bond donors (Lipinski definition) is 1. The van der Waals surface area contributed by atoms with Gasteiger partial charge < -0.3 is 9.84 Å². The lowest BCUT2D eigenvalue weighted by molar-refractivity contribution is -0.132. The van der Waals surface area contributed by atoms with Gasteiger partial charge in [-0.2, -0.15) is 10.4 Å². The van der Waals surface area contributed by atoms with E-state index in [0.29, 0.717) is 22.9 Å². The molecule has 0 spiro atoms. The van der Waals surface area contributed by atoms with E-state index in [4.69, 9.17) is 21.6 Å². The summed E-state index contributed by atoms with van der Waals surface area (Å²) < 4.78 is 7.07. The van der Waals surface area contributed by atoms with Crippen LogP contribution in [-0.4, -0.2) is 27.5 Å². The Morgan fingerprint density at radius 1 is 1.25 bits per heavy atom. The minimum atomic E-state index is -1.29. The summed E-state index contributed by atoms with van der Waals surface area (Å²) in [7, 11) is 0. The largest absolute Gasteiger partial charge is 0.494 e. The first kappa shape index (κ1) is 19.2. The number of carboxylic acids is 1. The van der Waals surface area contributed by atoms with Gasteiger partial charge in [0.05, 0.1) is 18.0 Å². The second kappa shape index (κ2) is 8.42. The average molecular weight is 394 g/mol. The second-order valence-electron chi connectivity index (χ2n) is 5.79. The molecule has 3 rings (SSSR count). The molecule has 140 valence electrons. The molecule has 0 bridgehead atoms. The number of carbonyl (C=O) groups is 1. The zero-order valence-corrected chi connectivity index (χ0v) is 15.7. The summed E-state index contributed by atoms with van der Waals surface area (Å²) in [6.45, 7) is 2.46. The average Bonchev–Trinajstić information content (AvgIpc) is 3.11. The third-order valence-electron chi connectivity index (χ3n) is 3.92.